The molecule has 0 N–H and O–H groups in total. The lowest BCUT2D eigenvalue weighted by Crippen LogP contribution is -2.50. The number of carbonyl (C=O) groups excluding carboxylic acids is 2. The van der Waals surface area contributed by atoms with Crippen LogP contribution in [0.3, 0.4) is 0 Å². The van der Waals surface area contributed by atoms with Crippen LogP contribution in [-0.4, -0.2) is 45.9 Å². The molecule has 1 saturated carbocycles. The summed E-state index contributed by atoms with van der Waals surface area (Å²) in [6.45, 7) is 5.63. The number of ether oxygens (including phenoxy) is 2. The molecule has 2 saturated heterocycles. The summed E-state index contributed by atoms with van der Waals surface area (Å²) < 4.78 is 17.2. The van der Waals surface area contributed by atoms with Crippen molar-refractivity contribution in [1.29, 1.82) is 0 Å². The van der Waals surface area contributed by atoms with Crippen molar-refractivity contribution in [3.05, 3.63) is 41.7 Å². The second-order valence-electron chi connectivity index (χ2n) is 10.2. The molecule has 7 heteroatoms. The minimum Gasteiger partial charge on any atom is -0.458 e. The van der Waals surface area contributed by atoms with Crippen molar-refractivity contribution in [2.45, 2.75) is 89.0 Å². The van der Waals surface area contributed by atoms with Crippen LogP contribution in [0.25, 0.3) is 11.3 Å². The molecular weight excluding hydrogens is 408 g/mol. The van der Waals surface area contributed by atoms with Crippen molar-refractivity contribution in [2.24, 2.45) is 0 Å². The van der Waals surface area contributed by atoms with Gasteiger partial charge in [0, 0.05) is 36.4 Å². The minimum atomic E-state index is -0.527. The number of carbonyl (C=O) groups is 2. The molecule has 3 heterocycles. The molecule has 1 aromatic heterocycles. The second kappa shape index (κ2) is 7.94. The van der Waals surface area contributed by atoms with E-state index in [1.165, 1.54) is 0 Å². The van der Waals surface area contributed by atoms with E-state index in [2.05, 4.69) is 5.16 Å². The van der Waals surface area contributed by atoms with E-state index >= 15 is 0 Å². The summed E-state index contributed by atoms with van der Waals surface area (Å²) >= 11 is 0. The topological polar surface area (TPSA) is 81.9 Å². The summed E-state index contributed by atoms with van der Waals surface area (Å²) in [4.78, 5) is 27.9. The molecule has 7 nitrogen and oxygen atoms in total. The van der Waals surface area contributed by atoms with E-state index in [9.17, 15) is 9.59 Å². The summed E-state index contributed by atoms with van der Waals surface area (Å²) in [6.07, 6.45) is 4.59. The quantitative estimate of drug-likeness (QED) is 0.602. The molecule has 1 amide bonds. The van der Waals surface area contributed by atoms with E-state index < -0.39 is 5.60 Å². The predicted octanol–water partition coefficient (Wildman–Crippen LogP) is 5.31. The molecule has 0 radical (unpaired) electrons. The molecule has 2 aromatic rings. The van der Waals surface area contributed by atoms with Crippen LogP contribution in [-0.2, 0) is 9.47 Å². The molecule has 3 atom stereocenters. The maximum atomic E-state index is 13.3. The van der Waals surface area contributed by atoms with Crippen LogP contribution in [0.2, 0.25) is 0 Å². The van der Waals surface area contributed by atoms with Crippen molar-refractivity contribution in [3.63, 3.8) is 0 Å². The minimum absolute atomic E-state index is 0.0420. The lowest BCUT2D eigenvalue weighted by molar-refractivity contribution is -0.0226. The molecule has 170 valence electrons. The molecule has 2 bridgehead atoms. The number of hydrogen-bond donors (Lipinski definition) is 0. The molecule has 0 unspecified atom stereocenters. The Morgan fingerprint density at radius 1 is 1.03 bits per heavy atom. The highest BCUT2D eigenvalue weighted by atomic mass is 16.6. The third-order valence-corrected chi connectivity index (χ3v) is 6.49. The zero-order valence-electron chi connectivity index (χ0n) is 18.9. The maximum absolute atomic E-state index is 13.3. The Morgan fingerprint density at radius 3 is 2.28 bits per heavy atom. The van der Waals surface area contributed by atoms with Crippen LogP contribution in [0.5, 0.6) is 0 Å². The summed E-state index contributed by atoms with van der Waals surface area (Å²) in [5.41, 5.74) is 1.32. The first-order valence-electron chi connectivity index (χ1n) is 11.6. The number of piperidine rings is 1. The van der Waals surface area contributed by atoms with Gasteiger partial charge in [0.2, 0.25) is 0 Å². The van der Waals surface area contributed by atoms with Crippen LogP contribution >= 0.6 is 0 Å². The molecule has 2 aliphatic heterocycles. The molecule has 3 aliphatic rings. The molecule has 3 fully saturated rings. The smallest absolute Gasteiger partial charge is 0.410 e. The third-order valence-electron chi connectivity index (χ3n) is 6.49. The average molecular weight is 439 g/mol. The van der Waals surface area contributed by atoms with E-state index in [1.54, 1.807) is 0 Å². The fourth-order valence-corrected chi connectivity index (χ4v) is 4.96. The Hall–Kier alpha value is -2.83. The predicted molar refractivity (Wildman–Crippen MR) is 117 cm³/mol. The number of nitrogens with zero attached hydrogens (tertiary/aromatic N) is 2. The van der Waals surface area contributed by atoms with Gasteiger partial charge in [-0.15, -0.1) is 0 Å². The van der Waals surface area contributed by atoms with Crippen molar-refractivity contribution in [3.8, 4) is 11.3 Å². The molecule has 32 heavy (non-hydrogen) atoms. The van der Waals surface area contributed by atoms with Crippen LogP contribution in [0.1, 0.15) is 81.3 Å². The lowest BCUT2D eigenvalue weighted by atomic mass is 9.99. The number of amides is 1. The third kappa shape index (κ3) is 4.12. The Bertz CT molecular complexity index is 991. The Morgan fingerprint density at radius 2 is 1.69 bits per heavy atom. The lowest BCUT2D eigenvalue weighted by Gasteiger charge is -2.39. The van der Waals surface area contributed by atoms with Crippen LogP contribution < -0.4 is 0 Å². The number of aromatic nitrogens is 1. The summed E-state index contributed by atoms with van der Waals surface area (Å²) in [6, 6.07) is 9.69. The van der Waals surface area contributed by atoms with Gasteiger partial charge in [-0.2, -0.15) is 0 Å². The largest absolute Gasteiger partial charge is 0.458 e. The normalized spacial score (nSPS) is 25.0. The fourth-order valence-electron chi connectivity index (χ4n) is 4.96. The first kappa shape index (κ1) is 21.0. The fraction of sp³-hybridized carbons (Fsp3) is 0.560. The highest BCUT2D eigenvalue weighted by Crippen LogP contribution is 2.45. The number of fused-ring (bicyclic) bond motifs is 2. The SMILES string of the molecule is CC(C)(C)OC(=O)N1[C@@H]2CC[C@H]1C[C@@H](OC(=O)c1c(-c3ccccc3)noc1C1CC1)C2. The molecule has 1 aliphatic carbocycles. The molecular formula is C25H30N2O5. The van der Waals surface area contributed by atoms with Gasteiger partial charge in [-0.1, -0.05) is 35.5 Å². The molecule has 0 spiro atoms. The Kier molecular flexibility index (Phi) is 5.22. The summed E-state index contributed by atoms with van der Waals surface area (Å²) in [5.74, 6) is 0.512. The first-order valence-corrected chi connectivity index (χ1v) is 11.6. The van der Waals surface area contributed by atoms with Crippen molar-refractivity contribution in [2.75, 3.05) is 0 Å². The Balaban J connectivity index is 1.32. The summed E-state index contributed by atoms with van der Waals surface area (Å²) in [5, 5.41) is 4.23. The highest BCUT2D eigenvalue weighted by Gasteiger charge is 2.46. The van der Waals surface area contributed by atoms with Gasteiger partial charge in [0.1, 0.15) is 23.0 Å². The van der Waals surface area contributed by atoms with Gasteiger partial charge in [0.05, 0.1) is 0 Å². The average Bonchev–Trinajstić information content (AvgIpc) is 3.42. The van der Waals surface area contributed by atoms with Crippen LogP contribution in [0.4, 0.5) is 4.79 Å². The highest BCUT2D eigenvalue weighted by molar-refractivity contribution is 5.97. The van der Waals surface area contributed by atoms with E-state index in [0.717, 1.165) is 31.2 Å². The van der Waals surface area contributed by atoms with Crippen LogP contribution in [0, 0.1) is 0 Å². The van der Waals surface area contributed by atoms with Gasteiger partial charge in [0.15, 0.2) is 5.76 Å². The van der Waals surface area contributed by atoms with Gasteiger partial charge in [-0.25, -0.2) is 9.59 Å². The van der Waals surface area contributed by atoms with Gasteiger partial charge < -0.3 is 18.9 Å². The monoisotopic (exact) mass is 438 g/mol. The van der Waals surface area contributed by atoms with Gasteiger partial charge in [-0.3, -0.25) is 0 Å². The molecule has 5 rings (SSSR count). The van der Waals surface area contributed by atoms with Crippen molar-refractivity contribution in [1.82, 2.24) is 10.1 Å². The molecule has 1 aromatic carbocycles. The first-order chi connectivity index (χ1) is 15.3. The number of rotatable bonds is 4. The van der Waals surface area contributed by atoms with Crippen molar-refractivity contribution >= 4 is 12.1 Å². The zero-order chi connectivity index (χ0) is 22.5. The van der Waals surface area contributed by atoms with Crippen molar-refractivity contribution < 1.29 is 23.6 Å². The van der Waals surface area contributed by atoms with E-state index in [4.69, 9.17) is 14.0 Å². The van der Waals surface area contributed by atoms with Crippen LogP contribution in [0.15, 0.2) is 34.9 Å². The Labute approximate surface area is 188 Å². The standard InChI is InChI=1S/C25H30N2O5/c1-25(2,3)31-24(29)27-17-11-12-18(27)14-19(13-17)30-23(28)20-21(15-7-5-4-6-8-15)26-32-22(20)16-9-10-16/h4-8,16-19H,9-14H2,1-3H3/t17-,18+,19+. The van der Waals surface area contributed by atoms with E-state index in [-0.39, 0.29) is 36.2 Å². The van der Waals surface area contributed by atoms with Gasteiger partial charge in [-0.05, 0) is 46.5 Å². The second-order valence-corrected chi connectivity index (χ2v) is 10.2. The van der Waals surface area contributed by atoms with E-state index in [1.807, 2.05) is 56.0 Å². The number of hydrogen-bond acceptors (Lipinski definition) is 6. The van der Waals surface area contributed by atoms with E-state index in [0.29, 0.717) is 29.9 Å². The zero-order valence-corrected chi connectivity index (χ0v) is 18.9. The van der Waals surface area contributed by atoms with Gasteiger partial charge in [0.25, 0.3) is 0 Å². The van der Waals surface area contributed by atoms with Gasteiger partial charge >= 0.3 is 12.1 Å². The number of esters is 1. The number of benzene rings is 1. The maximum Gasteiger partial charge on any atom is 0.410 e. The summed E-state index contributed by atoms with van der Waals surface area (Å²) in [7, 11) is 0.